The van der Waals surface area contributed by atoms with Crippen molar-refractivity contribution in [2.45, 2.75) is 18.9 Å². The summed E-state index contributed by atoms with van der Waals surface area (Å²) in [6, 6.07) is 3.53. The number of hydrogen-bond acceptors (Lipinski definition) is 10. The highest BCUT2D eigenvalue weighted by Gasteiger charge is 2.24. The molecule has 13 heteroatoms. The minimum Gasteiger partial charge on any atom is -0.508 e. The van der Waals surface area contributed by atoms with Gasteiger partial charge in [0.2, 0.25) is 11.2 Å². The normalized spacial score (nSPS) is 11.6. The summed E-state index contributed by atoms with van der Waals surface area (Å²) in [5.41, 5.74) is -1.36. The van der Waals surface area contributed by atoms with Crippen LogP contribution in [-0.2, 0) is 9.59 Å². The molecule has 0 aliphatic heterocycles. The number of hydrogen-bond donors (Lipinski definition) is 7. The summed E-state index contributed by atoms with van der Waals surface area (Å²) in [7, 11) is 0. The summed E-state index contributed by atoms with van der Waals surface area (Å²) in [6.07, 6.45) is -2.30. The van der Waals surface area contributed by atoms with Crippen molar-refractivity contribution in [2.75, 3.05) is 0 Å². The summed E-state index contributed by atoms with van der Waals surface area (Å²) in [6.45, 7) is 0. The van der Waals surface area contributed by atoms with Crippen LogP contribution in [0.15, 0.2) is 39.5 Å². The number of benzene rings is 2. The number of rotatable bonds is 7. The first-order valence-corrected chi connectivity index (χ1v) is 9.46. The van der Waals surface area contributed by atoms with Crippen molar-refractivity contribution in [3.05, 3.63) is 40.6 Å². The van der Waals surface area contributed by atoms with Gasteiger partial charge < -0.3 is 45.1 Å². The zero-order chi connectivity index (χ0) is 25.2. The van der Waals surface area contributed by atoms with E-state index in [-0.39, 0.29) is 11.1 Å². The largest absolute Gasteiger partial charge is 0.508 e. The first kappa shape index (κ1) is 23.7. The second-order valence-electron chi connectivity index (χ2n) is 6.99. The van der Waals surface area contributed by atoms with E-state index in [0.717, 1.165) is 24.3 Å². The highest BCUT2D eigenvalue weighted by Crippen LogP contribution is 2.38. The Morgan fingerprint density at radius 3 is 2.35 bits per heavy atom. The number of aliphatic carboxylic acids is 2. The van der Waals surface area contributed by atoms with Crippen molar-refractivity contribution >= 4 is 29.0 Å². The van der Waals surface area contributed by atoms with Crippen LogP contribution in [0.5, 0.6) is 28.7 Å². The molecule has 0 unspecified atom stereocenters. The fourth-order valence-corrected chi connectivity index (χ4v) is 3.00. The molecule has 1 amide bonds. The Hall–Kier alpha value is -4.94. The number of fused-ring (bicyclic) bond motifs is 1. The van der Waals surface area contributed by atoms with Crippen LogP contribution in [0.4, 0.5) is 4.79 Å². The lowest BCUT2D eigenvalue weighted by Crippen LogP contribution is -2.42. The third-order valence-corrected chi connectivity index (χ3v) is 4.60. The number of carboxylic acid groups (broad SMARTS) is 2. The third-order valence-electron chi connectivity index (χ3n) is 4.60. The summed E-state index contributed by atoms with van der Waals surface area (Å²) < 4.78 is 10.3. The number of amides is 1. The molecule has 0 aliphatic rings. The number of carboxylic acids is 2. The Balaban J connectivity index is 1.94. The van der Waals surface area contributed by atoms with Gasteiger partial charge in [-0.05, 0) is 24.6 Å². The molecule has 0 bridgehead atoms. The Morgan fingerprint density at radius 2 is 1.71 bits per heavy atom. The number of phenols is 3. The average molecular weight is 475 g/mol. The van der Waals surface area contributed by atoms with E-state index in [1.165, 1.54) is 6.07 Å². The minimum atomic E-state index is -1.59. The van der Waals surface area contributed by atoms with Crippen molar-refractivity contribution in [3.63, 3.8) is 0 Å². The van der Waals surface area contributed by atoms with Crippen LogP contribution in [0.2, 0.25) is 0 Å². The molecule has 13 nitrogen and oxygen atoms in total. The predicted molar refractivity (Wildman–Crippen MR) is 112 cm³/mol. The predicted octanol–water partition coefficient (Wildman–Crippen LogP) is 1.69. The quantitative estimate of drug-likeness (QED) is 0.259. The maximum absolute atomic E-state index is 12.5. The van der Waals surface area contributed by atoms with E-state index in [2.05, 4.69) is 0 Å². The Bertz CT molecular complexity index is 1360. The molecule has 1 aromatic heterocycles. The first-order chi connectivity index (χ1) is 16.0. The van der Waals surface area contributed by atoms with Gasteiger partial charge >= 0.3 is 18.0 Å². The molecule has 2 aromatic carbocycles. The van der Waals surface area contributed by atoms with Crippen LogP contribution in [-0.4, -0.2) is 54.7 Å². The van der Waals surface area contributed by atoms with Gasteiger partial charge in [-0.3, -0.25) is 9.59 Å². The molecule has 0 radical (unpaired) electrons. The molecule has 1 heterocycles. The Kier molecular flexibility index (Phi) is 6.47. The van der Waals surface area contributed by atoms with E-state index in [4.69, 9.17) is 19.4 Å². The smallest absolute Gasteiger partial charge is 0.413 e. The fraction of sp³-hybridized carbons (Fsp3) is 0.143. The lowest BCUT2D eigenvalue weighted by molar-refractivity contribution is -0.140. The SMILES string of the molecule is O=C(O)CC[C@H](NC(=O)Oc1cc(-c2oc3cc(O)cc(O)c3c(=O)c2O)ccc1O)C(=O)O. The maximum atomic E-state index is 12.5. The van der Waals surface area contributed by atoms with E-state index in [1.807, 2.05) is 5.32 Å². The third kappa shape index (κ3) is 4.93. The van der Waals surface area contributed by atoms with E-state index in [0.29, 0.717) is 0 Å². The molecule has 34 heavy (non-hydrogen) atoms. The summed E-state index contributed by atoms with van der Waals surface area (Å²) in [4.78, 5) is 46.4. The van der Waals surface area contributed by atoms with Gasteiger partial charge in [0.05, 0.1) is 0 Å². The number of carbonyl (C=O) groups excluding carboxylic acids is 1. The first-order valence-electron chi connectivity index (χ1n) is 9.46. The van der Waals surface area contributed by atoms with E-state index in [1.54, 1.807) is 0 Å². The molecule has 178 valence electrons. The second kappa shape index (κ2) is 9.28. The van der Waals surface area contributed by atoms with E-state index in [9.17, 15) is 39.6 Å². The van der Waals surface area contributed by atoms with Gasteiger partial charge in [-0.2, -0.15) is 0 Å². The van der Waals surface area contributed by atoms with E-state index < -0.39 is 82.2 Å². The van der Waals surface area contributed by atoms with Gasteiger partial charge in [0.25, 0.3) is 0 Å². The molecule has 3 aromatic rings. The molecule has 0 spiro atoms. The van der Waals surface area contributed by atoms with E-state index >= 15 is 0 Å². The number of ether oxygens (including phenoxy) is 1. The highest BCUT2D eigenvalue weighted by atomic mass is 16.6. The second-order valence-corrected chi connectivity index (χ2v) is 6.99. The Morgan fingerprint density at radius 1 is 1.00 bits per heavy atom. The molecule has 0 saturated heterocycles. The minimum absolute atomic E-state index is 0.0689. The van der Waals surface area contributed by atoms with Crippen LogP contribution >= 0.6 is 0 Å². The molecule has 0 saturated carbocycles. The number of carbonyl (C=O) groups is 3. The van der Waals surface area contributed by atoms with Crippen LogP contribution < -0.4 is 15.5 Å². The molecule has 3 rings (SSSR count). The summed E-state index contributed by atoms with van der Waals surface area (Å²) in [5.74, 6) is -6.30. The number of aromatic hydroxyl groups is 4. The molecule has 7 N–H and O–H groups in total. The van der Waals surface area contributed by atoms with Crippen molar-refractivity contribution < 1.29 is 54.2 Å². The van der Waals surface area contributed by atoms with Gasteiger partial charge in [0.1, 0.15) is 28.5 Å². The van der Waals surface area contributed by atoms with Crippen molar-refractivity contribution in [1.29, 1.82) is 0 Å². The van der Waals surface area contributed by atoms with Crippen molar-refractivity contribution in [1.82, 2.24) is 5.32 Å². The highest BCUT2D eigenvalue weighted by molar-refractivity contribution is 5.88. The van der Waals surface area contributed by atoms with Crippen molar-refractivity contribution in [2.24, 2.45) is 0 Å². The van der Waals surface area contributed by atoms with Gasteiger partial charge in [-0.25, -0.2) is 9.59 Å². The average Bonchev–Trinajstić information content (AvgIpc) is 2.74. The lowest BCUT2D eigenvalue weighted by atomic mass is 10.1. The van der Waals surface area contributed by atoms with Gasteiger partial charge in [0.15, 0.2) is 17.3 Å². The zero-order valence-corrected chi connectivity index (χ0v) is 17.0. The Labute approximate surface area is 188 Å². The van der Waals surface area contributed by atoms with Gasteiger partial charge in [-0.1, -0.05) is 0 Å². The lowest BCUT2D eigenvalue weighted by Gasteiger charge is -2.14. The monoisotopic (exact) mass is 475 g/mol. The van der Waals surface area contributed by atoms with Crippen molar-refractivity contribution in [3.8, 4) is 40.1 Å². The molecule has 1 atom stereocenters. The number of phenolic OH excluding ortho intramolecular Hbond substituents is 3. The summed E-state index contributed by atoms with van der Waals surface area (Å²) >= 11 is 0. The molecule has 0 fully saturated rings. The van der Waals surface area contributed by atoms with Gasteiger partial charge in [0, 0.05) is 24.1 Å². The van der Waals surface area contributed by atoms with Crippen LogP contribution in [0.3, 0.4) is 0 Å². The fourth-order valence-electron chi connectivity index (χ4n) is 3.00. The molecule has 0 aliphatic carbocycles. The maximum Gasteiger partial charge on any atom is 0.413 e. The van der Waals surface area contributed by atoms with Crippen LogP contribution in [0, 0.1) is 0 Å². The molecular weight excluding hydrogens is 458 g/mol. The van der Waals surface area contributed by atoms with Crippen LogP contribution in [0.25, 0.3) is 22.3 Å². The zero-order valence-electron chi connectivity index (χ0n) is 17.0. The van der Waals surface area contributed by atoms with Crippen LogP contribution in [0.1, 0.15) is 12.8 Å². The van der Waals surface area contributed by atoms with Gasteiger partial charge in [-0.15, -0.1) is 0 Å². The number of nitrogens with one attached hydrogen (secondary N) is 1. The topological polar surface area (TPSA) is 224 Å². The molecular formula is C21H17NO12. The standard InChI is InChI=1S/C21H17NO12/c23-9-6-12(25)16-14(7-9)33-19(18(29)17(16)28)8-1-3-11(24)13(5-8)34-21(32)22-10(20(30)31)2-4-15(26)27/h1,3,5-7,10,23-25,29H,2,4H2,(H,22,32)(H,26,27)(H,30,31)/t10-/m0/s1. The summed E-state index contributed by atoms with van der Waals surface area (Å²) in [5, 5.41) is 59.1.